The van der Waals surface area contributed by atoms with E-state index in [2.05, 4.69) is 0 Å². The van der Waals surface area contributed by atoms with Gasteiger partial charge in [0.25, 0.3) is 5.91 Å². The van der Waals surface area contributed by atoms with Crippen molar-refractivity contribution in [2.24, 2.45) is 0 Å². The third-order valence-corrected chi connectivity index (χ3v) is 5.54. The van der Waals surface area contributed by atoms with Crippen molar-refractivity contribution in [3.05, 3.63) is 131 Å². The first-order valence-electron chi connectivity index (χ1n) is 11.4. The second-order valence-corrected chi connectivity index (χ2v) is 8.16. The number of hydrogen-bond donors (Lipinski definition) is 0. The summed E-state index contributed by atoms with van der Waals surface area (Å²) in [5.41, 5.74) is 2.46. The van der Waals surface area contributed by atoms with E-state index < -0.39 is 5.97 Å². The summed E-state index contributed by atoms with van der Waals surface area (Å²) >= 11 is 0. The molecule has 0 spiro atoms. The average molecular weight is 480 g/mol. The molecule has 1 amide bonds. The maximum atomic E-state index is 13.6. The van der Waals surface area contributed by atoms with E-state index in [0.717, 1.165) is 16.9 Å². The molecular formula is C30H25NO5. The third-order valence-electron chi connectivity index (χ3n) is 5.54. The third kappa shape index (κ3) is 6.24. The van der Waals surface area contributed by atoms with Gasteiger partial charge in [-0.15, -0.1) is 0 Å². The Bertz CT molecular complexity index is 1340. The molecule has 180 valence electrons. The quantitative estimate of drug-likeness (QED) is 0.220. The summed E-state index contributed by atoms with van der Waals surface area (Å²) in [5, 5.41) is 0. The maximum Gasteiger partial charge on any atom is 0.337 e. The van der Waals surface area contributed by atoms with Crippen LogP contribution in [-0.2, 0) is 17.8 Å². The normalized spacial score (nSPS) is 10.4. The lowest BCUT2D eigenvalue weighted by atomic mass is 10.0. The number of esters is 1. The number of aldehydes is 1. The van der Waals surface area contributed by atoms with Gasteiger partial charge in [-0.3, -0.25) is 9.59 Å². The van der Waals surface area contributed by atoms with E-state index >= 15 is 0 Å². The van der Waals surface area contributed by atoms with Crippen molar-refractivity contribution in [2.75, 3.05) is 7.11 Å². The monoisotopic (exact) mass is 479 g/mol. The minimum atomic E-state index is -0.614. The van der Waals surface area contributed by atoms with Gasteiger partial charge in [0.15, 0.2) is 0 Å². The summed E-state index contributed by atoms with van der Waals surface area (Å²) in [5.74, 6) is 0.503. The molecular weight excluding hydrogens is 454 g/mol. The van der Waals surface area contributed by atoms with Crippen LogP contribution in [0.2, 0.25) is 0 Å². The number of carbonyl (C=O) groups is 3. The van der Waals surface area contributed by atoms with E-state index in [4.69, 9.17) is 9.47 Å². The van der Waals surface area contributed by atoms with Crippen molar-refractivity contribution in [3.63, 3.8) is 0 Å². The van der Waals surface area contributed by atoms with Gasteiger partial charge in [-0.05, 0) is 53.6 Å². The Balaban J connectivity index is 1.60. The molecule has 0 fully saturated rings. The molecule has 4 aromatic carbocycles. The molecule has 36 heavy (non-hydrogen) atoms. The van der Waals surface area contributed by atoms with Crippen molar-refractivity contribution >= 4 is 18.2 Å². The number of amides is 1. The van der Waals surface area contributed by atoms with Crippen LogP contribution >= 0.6 is 0 Å². The fourth-order valence-electron chi connectivity index (χ4n) is 3.77. The van der Waals surface area contributed by atoms with E-state index in [1.807, 2.05) is 84.9 Å². The molecule has 6 heteroatoms. The van der Waals surface area contributed by atoms with Gasteiger partial charge in [0.05, 0.1) is 12.7 Å². The SMILES string of the molecule is COC(=O)c1cc(C=O)cc(C(=O)N(Cc2ccccc2)Cc2ccc(Oc3ccccc3)cc2)c1. The molecule has 4 aromatic rings. The van der Waals surface area contributed by atoms with Crippen LogP contribution in [0.4, 0.5) is 0 Å². The summed E-state index contributed by atoms with van der Waals surface area (Å²) in [6, 6.07) is 31.0. The van der Waals surface area contributed by atoms with E-state index in [9.17, 15) is 14.4 Å². The van der Waals surface area contributed by atoms with Crippen LogP contribution in [0.3, 0.4) is 0 Å². The minimum Gasteiger partial charge on any atom is -0.465 e. The molecule has 0 aromatic heterocycles. The molecule has 0 heterocycles. The zero-order valence-corrected chi connectivity index (χ0v) is 19.8. The molecule has 0 bridgehead atoms. The number of para-hydroxylation sites is 1. The fraction of sp³-hybridized carbons (Fsp3) is 0.100. The molecule has 0 aliphatic heterocycles. The average Bonchev–Trinajstić information content (AvgIpc) is 2.93. The number of rotatable bonds is 9. The zero-order chi connectivity index (χ0) is 25.3. The lowest BCUT2D eigenvalue weighted by molar-refractivity contribution is 0.0600. The Morgan fingerprint density at radius 3 is 1.89 bits per heavy atom. The summed E-state index contributed by atoms with van der Waals surface area (Å²) < 4.78 is 10.6. The number of hydrogen-bond acceptors (Lipinski definition) is 5. The van der Waals surface area contributed by atoms with Crippen molar-refractivity contribution in [2.45, 2.75) is 13.1 Å². The number of ether oxygens (including phenoxy) is 2. The van der Waals surface area contributed by atoms with Gasteiger partial charge in [-0.25, -0.2) is 4.79 Å². The summed E-state index contributed by atoms with van der Waals surface area (Å²) in [4.78, 5) is 38.9. The first-order valence-corrected chi connectivity index (χ1v) is 11.4. The van der Waals surface area contributed by atoms with Gasteiger partial charge in [0.2, 0.25) is 0 Å². The molecule has 6 nitrogen and oxygen atoms in total. The molecule has 0 unspecified atom stereocenters. The lowest BCUT2D eigenvalue weighted by Crippen LogP contribution is -2.30. The van der Waals surface area contributed by atoms with Gasteiger partial charge in [0, 0.05) is 24.2 Å². The predicted octanol–water partition coefficient (Wildman–Crippen LogP) is 5.92. The maximum absolute atomic E-state index is 13.6. The Morgan fingerprint density at radius 1 is 0.722 bits per heavy atom. The van der Waals surface area contributed by atoms with Gasteiger partial charge in [-0.2, -0.15) is 0 Å². The zero-order valence-electron chi connectivity index (χ0n) is 19.8. The van der Waals surface area contributed by atoms with Crippen molar-refractivity contribution < 1.29 is 23.9 Å². The van der Waals surface area contributed by atoms with Crippen LogP contribution in [0.1, 0.15) is 42.2 Å². The highest BCUT2D eigenvalue weighted by Crippen LogP contribution is 2.23. The molecule has 0 saturated carbocycles. The molecule has 0 aliphatic carbocycles. The summed E-state index contributed by atoms with van der Waals surface area (Å²) in [6.45, 7) is 0.666. The first-order chi connectivity index (χ1) is 17.6. The highest BCUT2D eigenvalue weighted by atomic mass is 16.5. The van der Waals surface area contributed by atoms with Crippen LogP contribution in [0.25, 0.3) is 0 Å². The van der Waals surface area contributed by atoms with Crippen molar-refractivity contribution in [1.82, 2.24) is 4.90 Å². The smallest absolute Gasteiger partial charge is 0.337 e. The standard InChI is InChI=1S/C30H25NO5/c1-35-30(34)26-17-24(21-32)16-25(18-26)29(33)31(19-22-8-4-2-5-9-22)20-23-12-14-28(15-13-23)36-27-10-6-3-7-11-27/h2-18,21H,19-20H2,1H3. The predicted molar refractivity (Wildman–Crippen MR) is 136 cm³/mol. The van der Waals surface area contributed by atoms with Gasteiger partial charge in [0.1, 0.15) is 17.8 Å². The molecule has 0 aliphatic rings. The van der Waals surface area contributed by atoms with Crippen molar-refractivity contribution in [1.29, 1.82) is 0 Å². The van der Waals surface area contributed by atoms with E-state index in [0.29, 0.717) is 25.1 Å². The van der Waals surface area contributed by atoms with Gasteiger partial charge in [-0.1, -0.05) is 60.7 Å². The van der Waals surface area contributed by atoms with Crippen LogP contribution in [0, 0.1) is 0 Å². The summed E-state index contributed by atoms with van der Waals surface area (Å²) in [6.07, 6.45) is 0.607. The highest BCUT2D eigenvalue weighted by molar-refractivity contribution is 6.00. The Labute approximate surface area is 209 Å². The molecule has 0 atom stereocenters. The van der Waals surface area contributed by atoms with Crippen LogP contribution in [0.15, 0.2) is 103 Å². The number of benzene rings is 4. The summed E-state index contributed by atoms with van der Waals surface area (Å²) in [7, 11) is 1.25. The van der Waals surface area contributed by atoms with Crippen LogP contribution in [0.5, 0.6) is 11.5 Å². The first kappa shape index (κ1) is 24.4. The van der Waals surface area contributed by atoms with Crippen LogP contribution in [-0.4, -0.2) is 30.2 Å². The second-order valence-electron chi connectivity index (χ2n) is 8.16. The van der Waals surface area contributed by atoms with E-state index in [-0.39, 0.29) is 22.6 Å². The largest absolute Gasteiger partial charge is 0.465 e. The Hall–Kier alpha value is -4.71. The van der Waals surface area contributed by atoms with Gasteiger partial charge >= 0.3 is 5.97 Å². The molecule has 0 radical (unpaired) electrons. The van der Waals surface area contributed by atoms with Crippen LogP contribution < -0.4 is 4.74 Å². The van der Waals surface area contributed by atoms with E-state index in [1.54, 1.807) is 4.90 Å². The van der Waals surface area contributed by atoms with Gasteiger partial charge < -0.3 is 14.4 Å². The lowest BCUT2D eigenvalue weighted by Gasteiger charge is -2.24. The molecule has 4 rings (SSSR count). The van der Waals surface area contributed by atoms with Crippen molar-refractivity contribution in [3.8, 4) is 11.5 Å². The molecule has 0 N–H and O–H groups in total. The minimum absolute atomic E-state index is 0.146. The number of carbonyl (C=O) groups excluding carboxylic acids is 3. The highest BCUT2D eigenvalue weighted by Gasteiger charge is 2.20. The Kier molecular flexibility index (Phi) is 7.88. The molecule has 0 saturated heterocycles. The second kappa shape index (κ2) is 11.6. The van der Waals surface area contributed by atoms with E-state index in [1.165, 1.54) is 25.3 Å². The Morgan fingerprint density at radius 2 is 1.28 bits per heavy atom. The number of nitrogens with zero attached hydrogens (tertiary/aromatic N) is 1. The topological polar surface area (TPSA) is 72.9 Å². The fourth-order valence-corrected chi connectivity index (χ4v) is 3.77. The number of methoxy groups -OCH3 is 1.